The van der Waals surface area contributed by atoms with E-state index in [1.54, 1.807) is 24.3 Å². The maximum atomic E-state index is 14.1. The second-order valence-electron chi connectivity index (χ2n) is 13.0. The van der Waals surface area contributed by atoms with Gasteiger partial charge in [-0.25, -0.2) is 4.98 Å². The lowest BCUT2D eigenvalue weighted by Crippen LogP contribution is -2.47. The monoisotopic (exact) mass is 584 g/mol. The van der Waals surface area contributed by atoms with Gasteiger partial charge in [0.15, 0.2) is 0 Å². The Morgan fingerprint density at radius 1 is 1.10 bits per heavy atom. The number of aromatic nitrogens is 2. The van der Waals surface area contributed by atoms with Crippen LogP contribution in [0.5, 0.6) is 0 Å². The molecule has 1 aromatic carbocycles. The van der Waals surface area contributed by atoms with E-state index < -0.39 is 11.7 Å². The molecule has 0 bridgehead atoms. The number of carbonyl (C=O) groups is 2. The van der Waals surface area contributed by atoms with Crippen molar-refractivity contribution in [1.82, 2.24) is 19.8 Å². The Morgan fingerprint density at radius 3 is 2.45 bits per heavy atom. The number of rotatable bonds is 8. The molecule has 3 aliphatic carbocycles. The highest BCUT2D eigenvalue weighted by molar-refractivity contribution is 5.95. The summed E-state index contributed by atoms with van der Waals surface area (Å²) in [7, 11) is 2.03. The van der Waals surface area contributed by atoms with Crippen molar-refractivity contribution in [2.75, 3.05) is 43.9 Å². The van der Waals surface area contributed by atoms with Crippen molar-refractivity contribution in [2.24, 2.45) is 22.7 Å². The van der Waals surface area contributed by atoms with E-state index in [2.05, 4.69) is 25.5 Å². The van der Waals surface area contributed by atoms with E-state index in [1.807, 2.05) is 25.8 Å². The number of fused-ring (bicyclic) bond motifs is 3. The fourth-order valence-electron chi connectivity index (χ4n) is 7.63. The number of carbonyl (C=O) groups excluding carboxylic acids is 2. The number of likely N-dealkylation sites (N-methyl/N-ethyl adjacent to an activating group) is 1. The van der Waals surface area contributed by atoms with Gasteiger partial charge in [-0.2, -0.15) is 18.2 Å². The molecule has 3 saturated carbocycles. The molecule has 4 fully saturated rings. The fraction of sp³-hybridized carbons (Fsp3) is 0.613. The van der Waals surface area contributed by atoms with Crippen LogP contribution in [-0.2, 0) is 11.0 Å². The van der Waals surface area contributed by atoms with Gasteiger partial charge in [0.25, 0.3) is 5.91 Å². The number of hydrogen-bond donors (Lipinski definition) is 2. The average Bonchev–Trinajstić information content (AvgIpc) is 3.83. The van der Waals surface area contributed by atoms with Gasteiger partial charge in [0.1, 0.15) is 17.2 Å². The zero-order chi connectivity index (χ0) is 29.9. The minimum Gasteiger partial charge on any atom is -0.366 e. The minimum absolute atomic E-state index is 0.0278. The number of Topliss-reactive ketones (excluding diaryl/α,β-unsaturated/α-hetero) is 1. The topological polar surface area (TPSA) is 90.5 Å². The molecule has 1 saturated heterocycles. The highest BCUT2D eigenvalue weighted by Crippen LogP contribution is 2.92. The molecule has 1 aromatic heterocycles. The lowest BCUT2D eigenvalue weighted by molar-refractivity contribution is -0.137. The van der Waals surface area contributed by atoms with Gasteiger partial charge < -0.3 is 20.4 Å². The third kappa shape index (κ3) is 4.93. The fourth-order valence-corrected chi connectivity index (χ4v) is 7.63. The maximum absolute atomic E-state index is 14.1. The predicted molar refractivity (Wildman–Crippen MR) is 153 cm³/mol. The first-order valence-electron chi connectivity index (χ1n) is 15.0. The molecule has 1 amide bonds. The molecule has 2 heterocycles. The van der Waals surface area contributed by atoms with Crippen molar-refractivity contribution in [3.8, 4) is 0 Å². The zero-order valence-corrected chi connectivity index (χ0v) is 24.4. The molecule has 42 heavy (non-hydrogen) atoms. The van der Waals surface area contributed by atoms with Crippen LogP contribution in [0.2, 0.25) is 0 Å². The van der Waals surface area contributed by atoms with Gasteiger partial charge in [-0.1, -0.05) is 26.7 Å². The number of amides is 1. The summed E-state index contributed by atoms with van der Waals surface area (Å²) in [6.45, 7) is 7.04. The van der Waals surface area contributed by atoms with Crippen LogP contribution in [0.25, 0.3) is 0 Å². The van der Waals surface area contributed by atoms with Crippen molar-refractivity contribution in [3.63, 3.8) is 0 Å². The SMILES string of the molecule is CC(C)CC(=O)C12CC1[C@]21CCCC[C@H]1Nc1nc(Nc2ccc(C(=O)N3CCN(C)CC3)cc2)ncc1C(F)(F)F. The predicted octanol–water partition coefficient (Wildman–Crippen LogP) is 5.60. The number of hydrogen-bond acceptors (Lipinski definition) is 7. The molecule has 6 rings (SSSR count). The van der Waals surface area contributed by atoms with E-state index in [0.717, 1.165) is 45.0 Å². The van der Waals surface area contributed by atoms with Crippen molar-refractivity contribution < 1.29 is 22.8 Å². The molecular formula is C31H39F3N6O2. The van der Waals surface area contributed by atoms with Crippen LogP contribution in [0.15, 0.2) is 30.5 Å². The Hall–Kier alpha value is -3.21. The first-order chi connectivity index (χ1) is 20.0. The Kier molecular flexibility index (Phi) is 7.22. The van der Waals surface area contributed by atoms with E-state index in [1.165, 1.54) is 0 Å². The number of anilines is 3. The number of piperazine rings is 1. The van der Waals surface area contributed by atoms with Gasteiger partial charge in [-0.3, -0.25) is 9.59 Å². The van der Waals surface area contributed by atoms with E-state index in [0.29, 0.717) is 37.2 Å². The maximum Gasteiger partial charge on any atom is 0.421 e. The summed E-state index contributed by atoms with van der Waals surface area (Å²) in [5.41, 5.74) is -0.451. The molecule has 2 unspecified atom stereocenters. The van der Waals surface area contributed by atoms with E-state index >= 15 is 0 Å². The molecule has 2 N–H and O–H groups in total. The van der Waals surface area contributed by atoms with Crippen LogP contribution in [0.1, 0.15) is 68.3 Å². The van der Waals surface area contributed by atoms with Crippen molar-refractivity contribution in [2.45, 2.75) is 64.6 Å². The molecule has 11 heteroatoms. The van der Waals surface area contributed by atoms with Crippen LogP contribution in [0.3, 0.4) is 0 Å². The van der Waals surface area contributed by atoms with E-state index in [-0.39, 0.29) is 52.2 Å². The average molecular weight is 585 g/mol. The van der Waals surface area contributed by atoms with Crippen LogP contribution < -0.4 is 10.6 Å². The third-order valence-electron chi connectivity index (χ3n) is 9.96. The Morgan fingerprint density at radius 2 is 1.81 bits per heavy atom. The van der Waals surface area contributed by atoms with Gasteiger partial charge in [0.2, 0.25) is 5.95 Å². The normalized spacial score (nSPS) is 28.9. The van der Waals surface area contributed by atoms with Gasteiger partial charge in [-0.15, -0.1) is 0 Å². The first kappa shape index (κ1) is 28.9. The molecular weight excluding hydrogens is 545 g/mol. The van der Waals surface area contributed by atoms with Crippen LogP contribution >= 0.6 is 0 Å². The minimum atomic E-state index is -4.63. The molecule has 2 aromatic rings. The molecule has 1 aliphatic heterocycles. The zero-order valence-electron chi connectivity index (χ0n) is 24.4. The lowest BCUT2D eigenvalue weighted by atomic mass is 9.69. The van der Waals surface area contributed by atoms with Crippen molar-refractivity contribution in [1.29, 1.82) is 0 Å². The number of halogens is 3. The van der Waals surface area contributed by atoms with Crippen LogP contribution in [-0.4, -0.2) is 70.7 Å². The molecule has 0 radical (unpaired) electrons. The standard InChI is InChI=1S/C31H39F3N6O2/c1-19(2)16-25(41)30-17-23(30)29(30)11-5-4-6-24(29)37-26-22(31(32,33)34)18-35-28(38-26)36-21-9-7-20(8-10-21)27(42)40-14-12-39(3)13-15-40/h7-10,18-19,23-24H,4-6,11-17H2,1-3H3,(H2,35,36,37,38)/t23?,24-,29+,30?/m1/s1. The molecule has 1 spiro atoms. The van der Waals surface area contributed by atoms with Gasteiger partial charge in [0, 0.05) is 66.9 Å². The largest absolute Gasteiger partial charge is 0.421 e. The molecule has 4 aliphatic rings. The number of nitrogens with one attached hydrogen (secondary N) is 2. The van der Waals surface area contributed by atoms with Gasteiger partial charge >= 0.3 is 6.18 Å². The number of benzene rings is 1. The second-order valence-corrected chi connectivity index (χ2v) is 13.0. The highest BCUT2D eigenvalue weighted by atomic mass is 19.4. The summed E-state index contributed by atoms with van der Waals surface area (Å²) in [5.74, 6) is 0.510. The summed E-state index contributed by atoms with van der Waals surface area (Å²) < 4.78 is 42.2. The molecule has 226 valence electrons. The van der Waals surface area contributed by atoms with Gasteiger partial charge in [-0.05, 0) is 62.4 Å². The third-order valence-corrected chi connectivity index (χ3v) is 9.96. The Bertz CT molecular complexity index is 1360. The summed E-state index contributed by atoms with van der Waals surface area (Å²) >= 11 is 0. The summed E-state index contributed by atoms with van der Waals surface area (Å²) in [4.78, 5) is 38.4. The summed E-state index contributed by atoms with van der Waals surface area (Å²) in [6.07, 6.45) is 0.999. The molecule has 4 atom stereocenters. The Balaban J connectivity index is 1.20. The van der Waals surface area contributed by atoms with Crippen LogP contribution in [0.4, 0.5) is 30.6 Å². The number of alkyl halides is 3. The second kappa shape index (κ2) is 10.5. The number of nitrogens with zero attached hydrogens (tertiary/aromatic N) is 4. The van der Waals surface area contributed by atoms with Crippen molar-refractivity contribution in [3.05, 3.63) is 41.6 Å². The quantitative estimate of drug-likeness (QED) is 0.417. The summed E-state index contributed by atoms with van der Waals surface area (Å²) in [6, 6.07) is 6.56. The van der Waals surface area contributed by atoms with Crippen molar-refractivity contribution >= 4 is 29.1 Å². The first-order valence-corrected chi connectivity index (χ1v) is 15.0. The van der Waals surface area contributed by atoms with Crippen LogP contribution in [0, 0.1) is 22.7 Å². The number of ketones is 1. The smallest absolute Gasteiger partial charge is 0.366 e. The lowest BCUT2D eigenvalue weighted by Gasteiger charge is -2.40. The highest BCUT2D eigenvalue weighted by Gasteiger charge is 2.92. The Labute approximate surface area is 244 Å². The van der Waals surface area contributed by atoms with Gasteiger partial charge in [0.05, 0.1) is 0 Å². The summed E-state index contributed by atoms with van der Waals surface area (Å²) in [5, 5.41) is 6.17. The molecule has 8 nitrogen and oxygen atoms in total. The van der Waals surface area contributed by atoms with E-state index in [9.17, 15) is 22.8 Å². The van der Waals surface area contributed by atoms with E-state index in [4.69, 9.17) is 0 Å².